The number of nitrogens with one attached hydrogen (secondary N) is 1. The van der Waals surface area contributed by atoms with Crippen LogP contribution in [0.5, 0.6) is 0 Å². The molecule has 1 unspecified atom stereocenters. The summed E-state index contributed by atoms with van der Waals surface area (Å²) >= 11 is 3.51. The van der Waals surface area contributed by atoms with Crippen molar-refractivity contribution in [2.75, 3.05) is 13.1 Å². The van der Waals surface area contributed by atoms with Gasteiger partial charge in [0.05, 0.1) is 11.9 Å². The van der Waals surface area contributed by atoms with E-state index >= 15 is 0 Å². The maximum absolute atomic E-state index is 4.54. The number of aromatic nitrogens is 2. The highest BCUT2D eigenvalue weighted by Crippen LogP contribution is 2.27. The van der Waals surface area contributed by atoms with Crippen molar-refractivity contribution >= 4 is 15.9 Å². The van der Waals surface area contributed by atoms with Crippen LogP contribution in [0.25, 0.3) is 5.69 Å². The monoisotopic (exact) mass is 305 g/mol. The van der Waals surface area contributed by atoms with E-state index in [-0.39, 0.29) is 0 Å². The lowest BCUT2D eigenvalue weighted by molar-refractivity contribution is 0.752. The lowest BCUT2D eigenvalue weighted by Crippen LogP contribution is -2.08. The highest BCUT2D eigenvalue weighted by Gasteiger charge is 2.21. The number of benzene rings is 1. The Bertz CT molecular complexity index is 556. The molecular weight excluding hydrogens is 290 g/mol. The summed E-state index contributed by atoms with van der Waals surface area (Å²) in [6.07, 6.45) is 3.24. The van der Waals surface area contributed by atoms with Crippen LogP contribution < -0.4 is 5.32 Å². The van der Waals surface area contributed by atoms with E-state index < -0.39 is 0 Å². The van der Waals surface area contributed by atoms with Gasteiger partial charge in [0.15, 0.2) is 0 Å². The van der Waals surface area contributed by atoms with Gasteiger partial charge < -0.3 is 5.32 Å². The average molecular weight is 306 g/mol. The molecule has 0 spiro atoms. The number of hydrogen-bond acceptors (Lipinski definition) is 2. The zero-order chi connectivity index (χ0) is 12.5. The van der Waals surface area contributed by atoms with Crippen molar-refractivity contribution in [2.24, 2.45) is 0 Å². The van der Waals surface area contributed by atoms with E-state index in [1.807, 2.05) is 23.0 Å². The van der Waals surface area contributed by atoms with Gasteiger partial charge in [0.2, 0.25) is 0 Å². The fourth-order valence-electron chi connectivity index (χ4n) is 2.61. The zero-order valence-corrected chi connectivity index (χ0v) is 11.9. The van der Waals surface area contributed by atoms with Crippen molar-refractivity contribution in [3.8, 4) is 5.69 Å². The van der Waals surface area contributed by atoms with E-state index in [1.54, 1.807) is 0 Å². The van der Waals surface area contributed by atoms with Crippen LogP contribution in [0, 0.1) is 6.92 Å². The molecule has 0 amide bonds. The van der Waals surface area contributed by atoms with Crippen LogP contribution in [0.1, 0.15) is 23.6 Å². The fourth-order valence-corrected chi connectivity index (χ4v) is 3.00. The molecule has 1 N–H and O–H groups in total. The first-order valence-corrected chi connectivity index (χ1v) is 7.06. The maximum Gasteiger partial charge on any atom is 0.0660 e. The number of hydrogen-bond donors (Lipinski definition) is 1. The summed E-state index contributed by atoms with van der Waals surface area (Å²) in [7, 11) is 0. The van der Waals surface area contributed by atoms with E-state index in [0.717, 1.165) is 23.2 Å². The van der Waals surface area contributed by atoms with Crippen LogP contribution in [0.2, 0.25) is 0 Å². The third kappa shape index (κ3) is 2.10. The minimum absolute atomic E-state index is 0.617. The number of halogens is 1. The maximum atomic E-state index is 4.54. The lowest BCUT2D eigenvalue weighted by Gasteiger charge is -2.09. The summed E-state index contributed by atoms with van der Waals surface area (Å²) in [6, 6.07) is 8.25. The molecule has 1 saturated heterocycles. The molecule has 0 bridgehead atoms. The van der Waals surface area contributed by atoms with Gasteiger partial charge in [-0.1, -0.05) is 22.0 Å². The van der Waals surface area contributed by atoms with Crippen molar-refractivity contribution in [2.45, 2.75) is 19.3 Å². The van der Waals surface area contributed by atoms with Crippen molar-refractivity contribution in [3.05, 3.63) is 46.2 Å². The second-order valence-electron chi connectivity index (χ2n) is 4.77. The predicted octanol–water partition coefficient (Wildman–Crippen LogP) is 3.02. The second-order valence-corrected chi connectivity index (χ2v) is 5.68. The second kappa shape index (κ2) is 4.86. The molecule has 1 aliphatic heterocycles. The third-order valence-corrected chi connectivity index (χ3v) is 4.09. The van der Waals surface area contributed by atoms with E-state index in [0.29, 0.717) is 5.92 Å². The number of nitrogens with zero attached hydrogens (tertiary/aromatic N) is 2. The van der Waals surface area contributed by atoms with Crippen molar-refractivity contribution in [1.29, 1.82) is 0 Å². The third-order valence-electron chi connectivity index (χ3n) is 3.60. The van der Waals surface area contributed by atoms with Crippen LogP contribution in [-0.2, 0) is 0 Å². The van der Waals surface area contributed by atoms with Crippen LogP contribution in [-0.4, -0.2) is 22.9 Å². The van der Waals surface area contributed by atoms with Crippen molar-refractivity contribution < 1.29 is 0 Å². The topological polar surface area (TPSA) is 29.9 Å². The average Bonchev–Trinajstić information content (AvgIpc) is 2.97. The van der Waals surface area contributed by atoms with Gasteiger partial charge in [-0.2, -0.15) is 5.10 Å². The van der Waals surface area contributed by atoms with Crippen molar-refractivity contribution in [1.82, 2.24) is 15.1 Å². The molecule has 1 aromatic carbocycles. The molecule has 1 atom stereocenters. The molecule has 3 rings (SSSR count). The molecule has 18 heavy (non-hydrogen) atoms. The summed E-state index contributed by atoms with van der Waals surface area (Å²) in [5.41, 5.74) is 3.74. The molecule has 3 nitrogen and oxygen atoms in total. The van der Waals surface area contributed by atoms with Crippen LogP contribution in [0.3, 0.4) is 0 Å². The molecule has 2 aromatic rings. The van der Waals surface area contributed by atoms with Crippen molar-refractivity contribution in [3.63, 3.8) is 0 Å². The molecule has 0 saturated carbocycles. The Kier molecular flexibility index (Phi) is 3.22. The molecule has 4 heteroatoms. The predicted molar refractivity (Wildman–Crippen MR) is 76.2 cm³/mol. The minimum Gasteiger partial charge on any atom is -0.316 e. The van der Waals surface area contributed by atoms with Gasteiger partial charge in [0.1, 0.15) is 0 Å². The van der Waals surface area contributed by atoms with Crippen LogP contribution >= 0.6 is 15.9 Å². The first kappa shape index (κ1) is 11.9. The van der Waals surface area contributed by atoms with E-state index in [9.17, 15) is 0 Å². The van der Waals surface area contributed by atoms with E-state index in [4.69, 9.17) is 0 Å². The Morgan fingerprint density at radius 3 is 3.06 bits per heavy atom. The first-order chi connectivity index (χ1) is 8.75. The highest BCUT2D eigenvalue weighted by atomic mass is 79.9. The standard InChI is InChI=1S/C14H16BrN3/c1-10-14(11-5-6-16-8-11)9-17-18(10)13-4-2-3-12(15)7-13/h2-4,7,9,11,16H,5-6,8H2,1H3. The van der Waals surface area contributed by atoms with Gasteiger partial charge >= 0.3 is 0 Å². The summed E-state index contributed by atoms with van der Waals surface area (Å²) < 4.78 is 3.11. The van der Waals surface area contributed by atoms with Gasteiger partial charge in [-0.15, -0.1) is 0 Å². The lowest BCUT2D eigenvalue weighted by atomic mass is 9.99. The Morgan fingerprint density at radius 2 is 2.33 bits per heavy atom. The summed E-state index contributed by atoms with van der Waals surface area (Å²) in [5.74, 6) is 0.617. The molecule has 2 heterocycles. The van der Waals surface area contributed by atoms with Gasteiger partial charge in [-0.3, -0.25) is 0 Å². The van der Waals surface area contributed by atoms with Gasteiger partial charge in [0, 0.05) is 22.6 Å². The smallest absolute Gasteiger partial charge is 0.0660 e. The minimum atomic E-state index is 0.617. The Labute approximate surface area is 115 Å². The largest absolute Gasteiger partial charge is 0.316 e. The molecule has 0 aliphatic carbocycles. The zero-order valence-electron chi connectivity index (χ0n) is 10.4. The van der Waals surface area contributed by atoms with Gasteiger partial charge in [-0.05, 0) is 43.7 Å². The van der Waals surface area contributed by atoms with E-state index in [1.165, 1.54) is 17.7 Å². The Morgan fingerprint density at radius 1 is 1.44 bits per heavy atom. The molecule has 1 fully saturated rings. The normalized spacial score (nSPS) is 19.3. The quantitative estimate of drug-likeness (QED) is 0.924. The Hall–Kier alpha value is -1.13. The summed E-state index contributed by atoms with van der Waals surface area (Å²) in [6.45, 7) is 4.35. The highest BCUT2D eigenvalue weighted by molar-refractivity contribution is 9.10. The van der Waals surface area contributed by atoms with E-state index in [2.05, 4.69) is 45.4 Å². The summed E-state index contributed by atoms with van der Waals surface area (Å²) in [5, 5.41) is 7.95. The first-order valence-electron chi connectivity index (χ1n) is 6.27. The van der Waals surface area contributed by atoms with Crippen LogP contribution in [0.15, 0.2) is 34.9 Å². The fraction of sp³-hybridized carbons (Fsp3) is 0.357. The summed E-state index contributed by atoms with van der Waals surface area (Å²) in [4.78, 5) is 0. The molecule has 94 valence electrons. The molecular formula is C14H16BrN3. The molecule has 1 aromatic heterocycles. The molecule has 1 aliphatic rings. The van der Waals surface area contributed by atoms with Crippen LogP contribution in [0.4, 0.5) is 0 Å². The Balaban J connectivity index is 1.98. The van der Waals surface area contributed by atoms with Gasteiger partial charge in [0.25, 0.3) is 0 Å². The molecule has 0 radical (unpaired) electrons. The SMILES string of the molecule is Cc1c(C2CCNC2)cnn1-c1cccc(Br)c1. The van der Waals surface area contributed by atoms with Gasteiger partial charge in [-0.25, -0.2) is 4.68 Å². The number of rotatable bonds is 2.